The molecule has 1 aliphatic heterocycles. The van der Waals surface area contributed by atoms with Crippen LogP contribution in [0.5, 0.6) is 5.75 Å². The van der Waals surface area contributed by atoms with E-state index in [1.54, 1.807) is 6.92 Å². The molecule has 0 aliphatic carbocycles. The van der Waals surface area contributed by atoms with E-state index in [2.05, 4.69) is 10.1 Å². The van der Waals surface area contributed by atoms with Gasteiger partial charge in [-0.1, -0.05) is 6.07 Å². The molecular weight excluding hydrogens is 466 g/mol. The lowest BCUT2D eigenvalue weighted by Gasteiger charge is -2.13. The number of esters is 2. The average molecular weight is 487 g/mol. The van der Waals surface area contributed by atoms with E-state index in [1.165, 1.54) is 44.4 Å². The van der Waals surface area contributed by atoms with Gasteiger partial charge in [0.05, 0.1) is 25.2 Å². The second kappa shape index (κ2) is 10.5. The molecule has 0 unspecified atom stereocenters. The molecule has 3 amide bonds. The smallest absolute Gasteiger partial charge is 0.373 e. The first-order valence-corrected chi connectivity index (χ1v) is 10.3. The molecule has 13 heteroatoms. The number of carbonyl (C=O) groups excluding carboxylic acids is 4. The monoisotopic (exact) mass is 487 g/mol. The third-order valence-electron chi connectivity index (χ3n) is 4.74. The van der Waals surface area contributed by atoms with E-state index in [0.717, 1.165) is 11.0 Å². The number of nitrogens with zero attached hydrogens (tertiary/aromatic N) is 2. The second-order valence-electron chi connectivity index (χ2n) is 7.13. The Hall–Kier alpha value is -4.68. The number of nitro benzene ring substituents is 1. The Morgan fingerprint density at radius 3 is 2.66 bits per heavy atom. The van der Waals surface area contributed by atoms with Gasteiger partial charge in [-0.2, -0.15) is 0 Å². The number of hydrogen-bond acceptors (Lipinski definition) is 10. The van der Waals surface area contributed by atoms with Gasteiger partial charge in [0.25, 0.3) is 5.91 Å². The Bertz CT molecular complexity index is 1220. The number of amides is 3. The van der Waals surface area contributed by atoms with Gasteiger partial charge in [-0.3, -0.25) is 19.8 Å². The van der Waals surface area contributed by atoms with Crippen LogP contribution >= 0.6 is 0 Å². The van der Waals surface area contributed by atoms with Gasteiger partial charge in [-0.25, -0.2) is 14.4 Å². The zero-order valence-electron chi connectivity index (χ0n) is 18.9. The standard InChI is InChI=1S/C22H21N3O10/c1-4-33-20(27)12(2)34-17-7-5-13(10-16(17)25(30)31)9-15-19(26)24(22(29)23-15)11-14-6-8-18(35-14)21(28)32-3/h5-10,12H,4,11H2,1-3H3,(H,23,29)/b15-9-/t12-/m1/s1. The van der Waals surface area contributed by atoms with Crippen molar-refractivity contribution in [1.29, 1.82) is 0 Å². The van der Waals surface area contributed by atoms with E-state index in [4.69, 9.17) is 13.9 Å². The van der Waals surface area contributed by atoms with Gasteiger partial charge in [0.1, 0.15) is 11.5 Å². The number of hydrogen-bond donors (Lipinski definition) is 1. The van der Waals surface area contributed by atoms with Gasteiger partial charge in [-0.15, -0.1) is 0 Å². The molecule has 2 heterocycles. The third kappa shape index (κ3) is 5.63. The largest absolute Gasteiger partial charge is 0.472 e. The van der Waals surface area contributed by atoms with Crippen molar-refractivity contribution in [3.8, 4) is 5.75 Å². The van der Waals surface area contributed by atoms with Crippen LogP contribution in [0.1, 0.15) is 35.7 Å². The van der Waals surface area contributed by atoms with Crippen molar-refractivity contribution in [2.75, 3.05) is 13.7 Å². The minimum Gasteiger partial charge on any atom is -0.472 e. The molecule has 1 fully saturated rings. The molecule has 1 N–H and O–H groups in total. The lowest BCUT2D eigenvalue weighted by Crippen LogP contribution is -2.30. The van der Waals surface area contributed by atoms with Crippen molar-refractivity contribution >= 4 is 35.6 Å². The molecule has 0 saturated carbocycles. The summed E-state index contributed by atoms with van der Waals surface area (Å²) in [4.78, 5) is 60.0. The van der Waals surface area contributed by atoms with Gasteiger partial charge >= 0.3 is 23.7 Å². The molecule has 1 saturated heterocycles. The van der Waals surface area contributed by atoms with Crippen LogP contribution in [0.2, 0.25) is 0 Å². The molecule has 0 bridgehead atoms. The summed E-state index contributed by atoms with van der Waals surface area (Å²) in [5, 5.41) is 13.9. The highest BCUT2D eigenvalue weighted by Gasteiger charge is 2.34. The zero-order valence-corrected chi connectivity index (χ0v) is 18.9. The summed E-state index contributed by atoms with van der Waals surface area (Å²) in [6.07, 6.45) is 0.178. The summed E-state index contributed by atoms with van der Waals surface area (Å²) in [5.74, 6) is -2.17. The van der Waals surface area contributed by atoms with E-state index in [0.29, 0.717) is 0 Å². The van der Waals surface area contributed by atoms with Crippen LogP contribution in [0.15, 0.2) is 40.4 Å². The first kappa shape index (κ1) is 25.0. The molecule has 3 rings (SSSR count). The lowest BCUT2D eigenvalue weighted by molar-refractivity contribution is -0.386. The van der Waals surface area contributed by atoms with Crippen LogP contribution in [0.25, 0.3) is 6.08 Å². The highest BCUT2D eigenvalue weighted by atomic mass is 16.6. The van der Waals surface area contributed by atoms with Gasteiger partial charge < -0.3 is 23.9 Å². The number of imide groups is 1. The van der Waals surface area contributed by atoms with Gasteiger partial charge in [-0.05, 0) is 43.7 Å². The number of urea groups is 1. The Labute approximate surface area is 198 Å². The normalized spacial score (nSPS) is 15.1. The van der Waals surface area contributed by atoms with E-state index < -0.39 is 40.6 Å². The maximum atomic E-state index is 12.7. The Morgan fingerprint density at radius 1 is 1.26 bits per heavy atom. The summed E-state index contributed by atoms with van der Waals surface area (Å²) < 4.78 is 20.0. The first-order chi connectivity index (χ1) is 16.6. The first-order valence-electron chi connectivity index (χ1n) is 10.3. The number of rotatable bonds is 9. The predicted molar refractivity (Wildman–Crippen MR) is 117 cm³/mol. The molecule has 0 spiro atoms. The number of nitrogens with one attached hydrogen (secondary N) is 1. The Balaban J connectivity index is 1.79. The quantitative estimate of drug-likeness (QED) is 0.182. The molecule has 1 aromatic heterocycles. The lowest BCUT2D eigenvalue weighted by atomic mass is 10.1. The molecule has 35 heavy (non-hydrogen) atoms. The molecule has 1 aromatic carbocycles. The van der Waals surface area contributed by atoms with Crippen LogP contribution in [-0.2, 0) is 25.6 Å². The average Bonchev–Trinajstić information content (AvgIpc) is 3.40. The topological polar surface area (TPSA) is 168 Å². The minimum atomic E-state index is -1.08. The number of furan rings is 1. The summed E-state index contributed by atoms with van der Waals surface area (Å²) in [7, 11) is 1.18. The van der Waals surface area contributed by atoms with E-state index >= 15 is 0 Å². The molecule has 0 radical (unpaired) electrons. The van der Waals surface area contributed by atoms with Gasteiger partial charge in [0.15, 0.2) is 11.9 Å². The van der Waals surface area contributed by atoms with Crippen LogP contribution in [0.4, 0.5) is 10.5 Å². The predicted octanol–water partition coefficient (Wildman–Crippen LogP) is 2.40. The van der Waals surface area contributed by atoms with Crippen LogP contribution < -0.4 is 10.1 Å². The fraction of sp³-hybridized carbons (Fsp3) is 0.273. The zero-order chi connectivity index (χ0) is 25.7. The van der Waals surface area contributed by atoms with Gasteiger partial charge in [0, 0.05) is 6.07 Å². The van der Waals surface area contributed by atoms with Crippen molar-refractivity contribution in [3.05, 3.63) is 63.2 Å². The van der Waals surface area contributed by atoms with Gasteiger partial charge in [0.2, 0.25) is 5.76 Å². The maximum Gasteiger partial charge on any atom is 0.373 e. The van der Waals surface area contributed by atoms with Crippen LogP contribution in [0.3, 0.4) is 0 Å². The molecule has 13 nitrogen and oxygen atoms in total. The van der Waals surface area contributed by atoms with Crippen molar-refractivity contribution in [2.24, 2.45) is 0 Å². The Kier molecular flexibility index (Phi) is 7.49. The SMILES string of the molecule is CCOC(=O)[C@@H](C)Oc1ccc(/C=C2\NC(=O)N(Cc3ccc(C(=O)OC)o3)C2=O)cc1[N+](=O)[O-]. The Morgan fingerprint density at radius 2 is 2.00 bits per heavy atom. The molecule has 184 valence electrons. The van der Waals surface area contributed by atoms with Crippen molar-refractivity contribution in [3.63, 3.8) is 0 Å². The molecule has 1 aliphatic rings. The second-order valence-corrected chi connectivity index (χ2v) is 7.13. The summed E-state index contributed by atoms with van der Waals surface area (Å²) in [5.41, 5.74) is -0.350. The van der Waals surface area contributed by atoms with Crippen molar-refractivity contribution in [1.82, 2.24) is 10.2 Å². The number of carbonyl (C=O) groups is 4. The van der Waals surface area contributed by atoms with Crippen LogP contribution in [-0.4, -0.2) is 53.5 Å². The van der Waals surface area contributed by atoms with Crippen molar-refractivity contribution in [2.45, 2.75) is 26.5 Å². The molecule has 2 aromatic rings. The highest BCUT2D eigenvalue weighted by Crippen LogP contribution is 2.30. The fourth-order valence-corrected chi connectivity index (χ4v) is 3.08. The van der Waals surface area contributed by atoms with E-state index in [9.17, 15) is 29.3 Å². The molecule has 1 atom stereocenters. The fourth-order valence-electron chi connectivity index (χ4n) is 3.08. The molecular formula is C22H21N3O10. The van der Waals surface area contributed by atoms with Crippen LogP contribution in [0, 0.1) is 10.1 Å². The third-order valence-corrected chi connectivity index (χ3v) is 4.74. The number of ether oxygens (including phenoxy) is 3. The number of benzene rings is 1. The van der Waals surface area contributed by atoms with Crippen molar-refractivity contribution < 1.29 is 42.7 Å². The number of methoxy groups -OCH3 is 1. The highest BCUT2D eigenvalue weighted by molar-refractivity contribution is 6.13. The maximum absolute atomic E-state index is 12.7. The minimum absolute atomic E-state index is 0.0859. The van der Waals surface area contributed by atoms with E-state index in [-0.39, 0.29) is 41.7 Å². The summed E-state index contributed by atoms with van der Waals surface area (Å²) in [6.45, 7) is 2.89. The van der Waals surface area contributed by atoms with E-state index in [1.807, 2.05) is 0 Å². The number of nitro groups is 1. The summed E-state index contributed by atoms with van der Waals surface area (Å²) in [6, 6.07) is 5.86. The summed E-state index contributed by atoms with van der Waals surface area (Å²) >= 11 is 0.